The van der Waals surface area contributed by atoms with Gasteiger partial charge < -0.3 is 15.2 Å². The van der Waals surface area contributed by atoms with Crippen molar-refractivity contribution in [3.05, 3.63) is 33.9 Å². The number of benzene rings is 1. The van der Waals surface area contributed by atoms with Crippen LogP contribution in [0.25, 0.3) is 0 Å². The lowest BCUT2D eigenvalue weighted by molar-refractivity contribution is -0.383. The monoisotopic (exact) mass is 252 g/mol. The Bertz CT molecular complexity index is 482. The molecule has 1 aromatic rings. The van der Waals surface area contributed by atoms with Crippen LogP contribution in [0, 0.1) is 10.1 Å². The molecule has 7 nitrogen and oxygen atoms in total. The number of carbonyl (C=O) groups excluding carboxylic acids is 1. The van der Waals surface area contributed by atoms with Gasteiger partial charge in [0.2, 0.25) is 0 Å². The molecule has 1 aliphatic heterocycles. The van der Waals surface area contributed by atoms with Crippen LogP contribution >= 0.6 is 0 Å². The summed E-state index contributed by atoms with van der Waals surface area (Å²) in [5, 5.41) is 10.7. The van der Waals surface area contributed by atoms with Gasteiger partial charge in [0, 0.05) is 12.5 Å². The Balaban J connectivity index is 2.14. The largest absolute Gasteiger partial charge is 0.456 e. The summed E-state index contributed by atoms with van der Waals surface area (Å²) < 4.78 is 10.2. The van der Waals surface area contributed by atoms with Crippen molar-refractivity contribution < 1.29 is 19.2 Å². The van der Waals surface area contributed by atoms with Gasteiger partial charge in [0.25, 0.3) is 5.69 Å². The Morgan fingerprint density at radius 1 is 1.56 bits per heavy atom. The molecule has 0 aliphatic carbocycles. The third kappa shape index (κ3) is 2.57. The molecule has 1 aromatic carbocycles. The fourth-order valence-corrected chi connectivity index (χ4v) is 1.65. The van der Waals surface area contributed by atoms with E-state index in [1.807, 2.05) is 0 Å². The fourth-order valence-electron chi connectivity index (χ4n) is 1.65. The smallest absolute Gasteiger partial charge is 0.338 e. The van der Waals surface area contributed by atoms with E-state index in [2.05, 4.69) is 0 Å². The number of anilines is 1. The molecule has 0 bridgehead atoms. The van der Waals surface area contributed by atoms with Gasteiger partial charge in [-0.15, -0.1) is 0 Å². The van der Waals surface area contributed by atoms with E-state index < -0.39 is 10.9 Å². The molecule has 2 N–H and O–H groups in total. The van der Waals surface area contributed by atoms with E-state index in [1.165, 1.54) is 12.1 Å². The summed E-state index contributed by atoms with van der Waals surface area (Å²) in [4.78, 5) is 21.8. The van der Waals surface area contributed by atoms with E-state index >= 15 is 0 Å². The molecule has 0 aromatic heterocycles. The van der Waals surface area contributed by atoms with Crippen molar-refractivity contribution >= 4 is 17.3 Å². The van der Waals surface area contributed by atoms with Crippen LogP contribution in [0.15, 0.2) is 18.2 Å². The summed E-state index contributed by atoms with van der Waals surface area (Å²) in [6, 6.07) is 3.84. The van der Waals surface area contributed by atoms with Gasteiger partial charge in [0.15, 0.2) is 0 Å². The second-order valence-corrected chi connectivity index (χ2v) is 3.92. The minimum atomic E-state index is -0.634. The van der Waals surface area contributed by atoms with Gasteiger partial charge in [0.05, 0.1) is 23.7 Å². The first kappa shape index (κ1) is 12.3. The Morgan fingerprint density at radius 2 is 2.33 bits per heavy atom. The molecule has 1 atom stereocenters. The quantitative estimate of drug-likeness (QED) is 0.374. The molecule has 1 saturated heterocycles. The minimum absolute atomic E-state index is 0.0146. The maximum Gasteiger partial charge on any atom is 0.338 e. The molecule has 1 unspecified atom stereocenters. The number of hydrogen-bond donors (Lipinski definition) is 1. The number of esters is 1. The average molecular weight is 252 g/mol. The van der Waals surface area contributed by atoms with E-state index in [4.69, 9.17) is 15.2 Å². The standard InChI is InChI=1S/C11H12N2O5/c12-9-2-1-7(5-10(9)13(15)16)11(14)18-8-3-4-17-6-8/h1-2,5,8H,3-4,6,12H2. The molecule has 0 radical (unpaired) electrons. The van der Waals surface area contributed by atoms with E-state index in [0.29, 0.717) is 19.6 Å². The summed E-state index contributed by atoms with van der Waals surface area (Å²) in [7, 11) is 0. The molecule has 0 saturated carbocycles. The van der Waals surface area contributed by atoms with Gasteiger partial charge in [-0.25, -0.2) is 4.79 Å². The van der Waals surface area contributed by atoms with E-state index in [0.717, 1.165) is 6.07 Å². The molecule has 0 amide bonds. The van der Waals surface area contributed by atoms with Crippen LogP contribution in [0.2, 0.25) is 0 Å². The van der Waals surface area contributed by atoms with Crippen molar-refractivity contribution in [2.24, 2.45) is 0 Å². The fraction of sp³-hybridized carbons (Fsp3) is 0.364. The number of nitrogen functional groups attached to an aromatic ring is 1. The molecular formula is C11H12N2O5. The zero-order valence-corrected chi connectivity index (χ0v) is 9.50. The second kappa shape index (κ2) is 5.01. The highest BCUT2D eigenvalue weighted by atomic mass is 16.6. The number of carbonyl (C=O) groups is 1. The van der Waals surface area contributed by atoms with Gasteiger partial charge in [-0.3, -0.25) is 10.1 Å². The van der Waals surface area contributed by atoms with Crippen LogP contribution in [-0.4, -0.2) is 30.2 Å². The van der Waals surface area contributed by atoms with Crippen molar-refractivity contribution in [2.75, 3.05) is 18.9 Å². The number of nitrogens with zero attached hydrogens (tertiary/aromatic N) is 1. The lowest BCUT2D eigenvalue weighted by Gasteiger charge is -2.10. The van der Waals surface area contributed by atoms with Crippen LogP contribution in [0.3, 0.4) is 0 Å². The highest BCUT2D eigenvalue weighted by molar-refractivity contribution is 5.91. The van der Waals surface area contributed by atoms with Crippen molar-refractivity contribution in [1.29, 1.82) is 0 Å². The van der Waals surface area contributed by atoms with Crippen LogP contribution < -0.4 is 5.73 Å². The van der Waals surface area contributed by atoms with Gasteiger partial charge >= 0.3 is 5.97 Å². The SMILES string of the molecule is Nc1ccc(C(=O)OC2CCOC2)cc1[N+](=O)[O-]. The Morgan fingerprint density at radius 3 is 2.94 bits per heavy atom. The summed E-state index contributed by atoms with van der Waals surface area (Å²) in [6.07, 6.45) is 0.358. The zero-order chi connectivity index (χ0) is 13.1. The van der Waals surface area contributed by atoms with Crippen molar-refractivity contribution in [3.8, 4) is 0 Å². The topological polar surface area (TPSA) is 105 Å². The molecule has 96 valence electrons. The average Bonchev–Trinajstić information content (AvgIpc) is 2.81. The van der Waals surface area contributed by atoms with Gasteiger partial charge in [0.1, 0.15) is 11.8 Å². The van der Waals surface area contributed by atoms with Crippen LogP contribution in [0.1, 0.15) is 16.8 Å². The maximum absolute atomic E-state index is 11.7. The molecule has 0 spiro atoms. The number of hydrogen-bond acceptors (Lipinski definition) is 6. The Kier molecular flexibility index (Phi) is 3.42. The first-order valence-electron chi connectivity index (χ1n) is 5.40. The van der Waals surface area contributed by atoms with Crippen LogP contribution in [0.5, 0.6) is 0 Å². The zero-order valence-electron chi connectivity index (χ0n) is 9.50. The number of nitro groups is 1. The summed E-state index contributed by atoms with van der Waals surface area (Å²) in [6.45, 7) is 0.919. The number of nitro benzene ring substituents is 1. The highest BCUT2D eigenvalue weighted by Crippen LogP contribution is 2.23. The molecular weight excluding hydrogens is 240 g/mol. The van der Waals surface area contributed by atoms with Gasteiger partial charge in [-0.1, -0.05) is 0 Å². The van der Waals surface area contributed by atoms with Crippen molar-refractivity contribution in [3.63, 3.8) is 0 Å². The lowest BCUT2D eigenvalue weighted by atomic mass is 10.2. The van der Waals surface area contributed by atoms with Gasteiger partial charge in [-0.2, -0.15) is 0 Å². The van der Waals surface area contributed by atoms with Crippen molar-refractivity contribution in [1.82, 2.24) is 0 Å². The predicted octanol–water partition coefficient (Wildman–Crippen LogP) is 1.12. The number of ether oxygens (including phenoxy) is 2. The summed E-state index contributed by atoms with van der Waals surface area (Å²) >= 11 is 0. The normalized spacial score (nSPS) is 18.6. The van der Waals surface area contributed by atoms with Crippen LogP contribution in [-0.2, 0) is 9.47 Å². The summed E-state index contributed by atoms with van der Waals surface area (Å²) in [5.41, 5.74) is 5.27. The van der Waals surface area contributed by atoms with E-state index in [1.54, 1.807) is 0 Å². The molecule has 18 heavy (non-hydrogen) atoms. The Hall–Kier alpha value is -2.15. The molecule has 2 rings (SSSR count). The third-order valence-electron chi connectivity index (χ3n) is 2.62. The molecule has 1 aliphatic rings. The molecule has 1 heterocycles. The minimum Gasteiger partial charge on any atom is -0.456 e. The third-order valence-corrected chi connectivity index (χ3v) is 2.62. The first-order chi connectivity index (χ1) is 8.58. The van der Waals surface area contributed by atoms with Crippen molar-refractivity contribution in [2.45, 2.75) is 12.5 Å². The predicted molar refractivity (Wildman–Crippen MR) is 62.1 cm³/mol. The van der Waals surface area contributed by atoms with E-state index in [-0.39, 0.29) is 23.0 Å². The van der Waals surface area contributed by atoms with Crippen LogP contribution in [0.4, 0.5) is 11.4 Å². The highest BCUT2D eigenvalue weighted by Gasteiger charge is 2.22. The van der Waals surface area contributed by atoms with E-state index in [9.17, 15) is 14.9 Å². The number of nitrogens with two attached hydrogens (primary N) is 1. The molecule has 7 heteroatoms. The summed E-state index contributed by atoms with van der Waals surface area (Å²) in [5.74, 6) is -0.603. The molecule has 1 fully saturated rings. The lowest BCUT2D eigenvalue weighted by Crippen LogP contribution is -2.18. The number of rotatable bonds is 3. The Labute approximate surface area is 103 Å². The second-order valence-electron chi connectivity index (χ2n) is 3.92. The van der Waals surface area contributed by atoms with Gasteiger partial charge in [-0.05, 0) is 12.1 Å². The maximum atomic E-state index is 11.7. The first-order valence-corrected chi connectivity index (χ1v) is 5.40.